The van der Waals surface area contributed by atoms with Crippen LogP contribution in [0.4, 0.5) is 0 Å². The summed E-state index contributed by atoms with van der Waals surface area (Å²) in [4.78, 5) is 0. The smallest absolute Gasteiger partial charge is 0.135 e. The van der Waals surface area contributed by atoms with Crippen molar-refractivity contribution in [3.05, 3.63) is 28.9 Å². The van der Waals surface area contributed by atoms with Crippen molar-refractivity contribution in [1.29, 1.82) is 0 Å². The van der Waals surface area contributed by atoms with Crippen LogP contribution in [-0.2, 0) is 0 Å². The van der Waals surface area contributed by atoms with Gasteiger partial charge < -0.3 is 9.52 Å². The fourth-order valence-electron chi connectivity index (χ4n) is 0.986. The van der Waals surface area contributed by atoms with Crippen molar-refractivity contribution in [3.8, 4) is 5.75 Å². The highest BCUT2D eigenvalue weighted by molar-refractivity contribution is 9.10. The average molecular weight is 213 g/mol. The van der Waals surface area contributed by atoms with E-state index in [-0.39, 0.29) is 5.75 Å². The second-order valence-electron chi connectivity index (χ2n) is 2.26. The highest BCUT2D eigenvalue weighted by atomic mass is 79.9. The number of hydrogen-bond acceptors (Lipinski definition) is 2. The van der Waals surface area contributed by atoms with Gasteiger partial charge in [0, 0.05) is 5.39 Å². The molecule has 1 aromatic carbocycles. The predicted octanol–water partition coefficient (Wildman–Crippen LogP) is 2.90. The SMILES string of the molecule is Oc1ccc2occ(Br)c2c1. The molecule has 0 spiro atoms. The quantitative estimate of drug-likeness (QED) is 0.729. The Balaban J connectivity index is 2.87. The Morgan fingerprint density at radius 2 is 2.18 bits per heavy atom. The predicted molar refractivity (Wildman–Crippen MR) is 45.6 cm³/mol. The largest absolute Gasteiger partial charge is 0.508 e. The van der Waals surface area contributed by atoms with Crippen LogP contribution in [0.3, 0.4) is 0 Å². The molecular weight excluding hydrogens is 208 g/mol. The molecule has 2 nitrogen and oxygen atoms in total. The van der Waals surface area contributed by atoms with Gasteiger partial charge in [-0.2, -0.15) is 0 Å². The second kappa shape index (κ2) is 2.27. The maximum absolute atomic E-state index is 9.11. The highest BCUT2D eigenvalue weighted by Crippen LogP contribution is 2.28. The molecule has 56 valence electrons. The molecular formula is C8H5BrO2. The lowest BCUT2D eigenvalue weighted by molar-refractivity contribution is 0.476. The first-order valence-corrected chi connectivity index (χ1v) is 3.92. The molecule has 0 fully saturated rings. The number of fused-ring (bicyclic) bond motifs is 1. The van der Waals surface area contributed by atoms with Crippen molar-refractivity contribution < 1.29 is 9.52 Å². The molecule has 0 bridgehead atoms. The maximum atomic E-state index is 9.11. The van der Waals surface area contributed by atoms with E-state index in [1.807, 2.05) is 0 Å². The minimum absolute atomic E-state index is 0.250. The molecule has 0 amide bonds. The Labute approximate surface area is 71.6 Å². The topological polar surface area (TPSA) is 33.4 Å². The lowest BCUT2D eigenvalue weighted by Crippen LogP contribution is -1.64. The van der Waals surface area contributed by atoms with Gasteiger partial charge in [0.1, 0.15) is 17.6 Å². The summed E-state index contributed by atoms with van der Waals surface area (Å²) in [6, 6.07) is 4.98. The molecule has 0 aliphatic heterocycles. The molecule has 1 N–H and O–H groups in total. The summed E-state index contributed by atoms with van der Waals surface area (Å²) >= 11 is 3.30. The van der Waals surface area contributed by atoms with Crippen LogP contribution in [-0.4, -0.2) is 5.11 Å². The summed E-state index contributed by atoms with van der Waals surface area (Å²) in [6.45, 7) is 0. The number of rotatable bonds is 0. The Bertz CT molecular complexity index is 392. The molecule has 1 aromatic heterocycles. The Kier molecular flexibility index (Phi) is 1.39. The first-order chi connectivity index (χ1) is 5.27. The molecule has 3 heteroatoms. The molecule has 0 aliphatic rings. The van der Waals surface area contributed by atoms with Gasteiger partial charge in [-0.15, -0.1) is 0 Å². The van der Waals surface area contributed by atoms with Gasteiger partial charge in [-0.05, 0) is 34.1 Å². The maximum Gasteiger partial charge on any atom is 0.135 e. The first-order valence-electron chi connectivity index (χ1n) is 3.13. The van der Waals surface area contributed by atoms with Crippen LogP contribution in [0.15, 0.2) is 33.4 Å². The minimum atomic E-state index is 0.250. The van der Waals surface area contributed by atoms with Crippen molar-refractivity contribution in [2.45, 2.75) is 0 Å². The Hall–Kier alpha value is -0.960. The van der Waals surface area contributed by atoms with Gasteiger partial charge in [0.25, 0.3) is 0 Å². The lowest BCUT2D eigenvalue weighted by Gasteiger charge is -1.89. The van der Waals surface area contributed by atoms with E-state index < -0.39 is 0 Å². The molecule has 0 saturated heterocycles. The van der Waals surface area contributed by atoms with Crippen molar-refractivity contribution in [1.82, 2.24) is 0 Å². The van der Waals surface area contributed by atoms with E-state index in [4.69, 9.17) is 9.52 Å². The number of phenolic OH excluding ortho intramolecular Hbond substituents is 1. The molecule has 1 heterocycles. The molecule has 0 radical (unpaired) electrons. The van der Waals surface area contributed by atoms with E-state index in [2.05, 4.69) is 15.9 Å². The molecule has 2 aromatic rings. The van der Waals surface area contributed by atoms with Crippen LogP contribution in [0.5, 0.6) is 5.75 Å². The number of furan rings is 1. The third-order valence-electron chi connectivity index (χ3n) is 1.51. The number of aromatic hydroxyl groups is 1. The van der Waals surface area contributed by atoms with Crippen molar-refractivity contribution >= 4 is 26.9 Å². The van der Waals surface area contributed by atoms with E-state index in [1.165, 1.54) is 0 Å². The van der Waals surface area contributed by atoms with Crippen molar-refractivity contribution in [2.24, 2.45) is 0 Å². The summed E-state index contributed by atoms with van der Waals surface area (Å²) in [7, 11) is 0. The summed E-state index contributed by atoms with van der Waals surface area (Å²) in [6.07, 6.45) is 1.60. The molecule has 11 heavy (non-hydrogen) atoms. The fraction of sp³-hybridized carbons (Fsp3) is 0. The van der Waals surface area contributed by atoms with Crippen LogP contribution in [0.2, 0.25) is 0 Å². The summed E-state index contributed by atoms with van der Waals surface area (Å²) < 4.78 is 6.01. The van der Waals surface area contributed by atoms with Crippen LogP contribution >= 0.6 is 15.9 Å². The standard InChI is InChI=1S/C8H5BrO2/c9-7-4-11-8-2-1-5(10)3-6(7)8/h1-4,10H. The van der Waals surface area contributed by atoms with Crippen LogP contribution in [0, 0.1) is 0 Å². The van der Waals surface area contributed by atoms with Crippen LogP contribution in [0.25, 0.3) is 11.0 Å². The van der Waals surface area contributed by atoms with Gasteiger partial charge in [-0.3, -0.25) is 0 Å². The minimum Gasteiger partial charge on any atom is -0.508 e. The van der Waals surface area contributed by atoms with E-state index in [0.717, 1.165) is 15.4 Å². The second-order valence-corrected chi connectivity index (χ2v) is 3.12. The molecule has 0 aliphatic carbocycles. The van der Waals surface area contributed by atoms with Gasteiger partial charge in [0.2, 0.25) is 0 Å². The Morgan fingerprint density at radius 3 is 3.00 bits per heavy atom. The number of halogens is 1. The highest BCUT2D eigenvalue weighted by Gasteiger charge is 2.02. The van der Waals surface area contributed by atoms with E-state index in [9.17, 15) is 0 Å². The summed E-state index contributed by atoms with van der Waals surface area (Å²) in [5, 5.41) is 10.0. The van der Waals surface area contributed by atoms with Crippen molar-refractivity contribution in [2.75, 3.05) is 0 Å². The lowest BCUT2D eigenvalue weighted by atomic mass is 10.2. The number of benzene rings is 1. The Morgan fingerprint density at radius 1 is 1.36 bits per heavy atom. The third-order valence-corrected chi connectivity index (χ3v) is 2.12. The fourth-order valence-corrected chi connectivity index (χ4v) is 1.39. The first kappa shape index (κ1) is 6.73. The summed E-state index contributed by atoms with van der Waals surface area (Å²) in [5.74, 6) is 0.250. The summed E-state index contributed by atoms with van der Waals surface area (Å²) in [5.41, 5.74) is 0.773. The van der Waals surface area contributed by atoms with Gasteiger partial charge in [0.05, 0.1) is 4.47 Å². The van der Waals surface area contributed by atoms with E-state index >= 15 is 0 Å². The van der Waals surface area contributed by atoms with Gasteiger partial charge in [-0.1, -0.05) is 0 Å². The normalized spacial score (nSPS) is 10.6. The van der Waals surface area contributed by atoms with Gasteiger partial charge >= 0.3 is 0 Å². The van der Waals surface area contributed by atoms with Crippen LogP contribution in [0.1, 0.15) is 0 Å². The van der Waals surface area contributed by atoms with Crippen LogP contribution < -0.4 is 0 Å². The number of hydrogen-bond donors (Lipinski definition) is 1. The van der Waals surface area contributed by atoms with Gasteiger partial charge in [0.15, 0.2) is 0 Å². The number of phenols is 1. The zero-order chi connectivity index (χ0) is 7.84. The zero-order valence-electron chi connectivity index (χ0n) is 5.54. The molecule has 0 saturated carbocycles. The third kappa shape index (κ3) is 1.01. The average Bonchev–Trinajstić information content (AvgIpc) is 2.33. The van der Waals surface area contributed by atoms with Gasteiger partial charge in [-0.25, -0.2) is 0 Å². The zero-order valence-corrected chi connectivity index (χ0v) is 7.13. The van der Waals surface area contributed by atoms with E-state index in [1.54, 1.807) is 24.5 Å². The molecule has 0 atom stereocenters. The molecule has 2 rings (SSSR count). The van der Waals surface area contributed by atoms with E-state index in [0.29, 0.717) is 0 Å². The monoisotopic (exact) mass is 212 g/mol. The molecule has 0 unspecified atom stereocenters. The van der Waals surface area contributed by atoms with Crippen molar-refractivity contribution in [3.63, 3.8) is 0 Å².